The Labute approximate surface area is 512 Å². The van der Waals surface area contributed by atoms with Crippen LogP contribution < -0.4 is 0 Å². The second-order valence-corrected chi connectivity index (χ2v) is 22.3. The zero-order chi connectivity index (χ0) is 59.9. The fourth-order valence-electron chi connectivity index (χ4n) is 9.27. The van der Waals surface area contributed by atoms with Crippen LogP contribution in [0.5, 0.6) is 0 Å². The average molecular weight is 1150 g/mol. The van der Waals surface area contributed by atoms with Gasteiger partial charge < -0.3 is 14.2 Å². The van der Waals surface area contributed by atoms with Gasteiger partial charge in [-0.05, 0) is 122 Å². The number of carbonyl (C=O) groups excluding carboxylic acids is 3. The number of hydrogen-bond acceptors (Lipinski definition) is 6. The number of ether oxygens (including phenoxy) is 3. The minimum absolute atomic E-state index is 0.0997. The number of hydrogen-bond donors (Lipinski definition) is 0. The molecule has 0 rings (SSSR count). The van der Waals surface area contributed by atoms with Gasteiger partial charge in [-0.25, -0.2) is 0 Å². The van der Waals surface area contributed by atoms with Crippen molar-refractivity contribution >= 4 is 17.9 Å². The van der Waals surface area contributed by atoms with E-state index in [-0.39, 0.29) is 37.5 Å². The molecule has 0 aliphatic carbocycles. The molecule has 0 saturated heterocycles. The molecular formula is C77H126O6. The van der Waals surface area contributed by atoms with E-state index >= 15 is 0 Å². The van der Waals surface area contributed by atoms with Crippen molar-refractivity contribution in [2.45, 2.75) is 309 Å². The molecule has 83 heavy (non-hydrogen) atoms. The van der Waals surface area contributed by atoms with Crippen molar-refractivity contribution in [2.75, 3.05) is 13.2 Å². The van der Waals surface area contributed by atoms with E-state index in [1.54, 1.807) is 0 Å². The Morgan fingerprint density at radius 1 is 0.253 bits per heavy atom. The molecule has 0 aromatic carbocycles. The molecule has 470 valence electrons. The molecule has 0 aromatic heterocycles. The first-order valence-corrected chi connectivity index (χ1v) is 34.3. The topological polar surface area (TPSA) is 78.9 Å². The summed E-state index contributed by atoms with van der Waals surface area (Å²) in [5.74, 6) is -0.944. The molecule has 0 aromatic rings. The Hall–Kier alpha value is -4.71. The predicted octanol–water partition coefficient (Wildman–Crippen LogP) is 23.9. The molecule has 0 heterocycles. The van der Waals surface area contributed by atoms with Crippen LogP contribution in [-0.2, 0) is 28.6 Å². The highest BCUT2D eigenvalue weighted by molar-refractivity contribution is 5.71. The van der Waals surface area contributed by atoms with Gasteiger partial charge in [0.1, 0.15) is 13.2 Å². The van der Waals surface area contributed by atoms with Gasteiger partial charge in [0, 0.05) is 19.3 Å². The van der Waals surface area contributed by atoms with Crippen LogP contribution in [0.3, 0.4) is 0 Å². The monoisotopic (exact) mass is 1150 g/mol. The van der Waals surface area contributed by atoms with Gasteiger partial charge in [0.2, 0.25) is 0 Å². The summed E-state index contributed by atoms with van der Waals surface area (Å²) in [6.45, 7) is 6.40. The summed E-state index contributed by atoms with van der Waals surface area (Å²) in [7, 11) is 0. The second kappa shape index (κ2) is 69.8. The Morgan fingerprint density at radius 3 is 0.735 bits per heavy atom. The Kier molecular flexibility index (Phi) is 65.8. The summed E-state index contributed by atoms with van der Waals surface area (Å²) < 4.78 is 16.9. The third kappa shape index (κ3) is 68.0. The number of allylic oxidation sites excluding steroid dienone is 24. The van der Waals surface area contributed by atoms with Gasteiger partial charge >= 0.3 is 17.9 Å². The highest BCUT2D eigenvalue weighted by atomic mass is 16.6. The Balaban J connectivity index is 4.51. The predicted molar refractivity (Wildman–Crippen MR) is 362 cm³/mol. The van der Waals surface area contributed by atoms with Crippen molar-refractivity contribution in [2.24, 2.45) is 0 Å². The fourth-order valence-corrected chi connectivity index (χ4v) is 9.27. The molecule has 0 bridgehead atoms. The highest BCUT2D eigenvalue weighted by Gasteiger charge is 2.19. The van der Waals surface area contributed by atoms with Crippen LogP contribution in [0.2, 0.25) is 0 Å². The fraction of sp³-hybridized carbons (Fsp3) is 0.649. The lowest BCUT2D eigenvalue weighted by Crippen LogP contribution is -2.30. The SMILES string of the molecule is CC/C=C\C/C=C\C/C=C\C/C=C\C/C=C\C/C=C\CCCCCCC(=O)OCC(COC(=O)CCCCCCCCCCCCCCCCCCCCC)OC(=O)CCCCCC/C=C\C/C=C\C/C=C\C/C=C\C/C=C\C/C=C\CC. The van der Waals surface area contributed by atoms with Crippen molar-refractivity contribution in [1.82, 2.24) is 0 Å². The molecule has 0 spiro atoms. The van der Waals surface area contributed by atoms with Crippen molar-refractivity contribution in [3.05, 3.63) is 146 Å². The summed E-state index contributed by atoms with van der Waals surface area (Å²) in [5, 5.41) is 0. The van der Waals surface area contributed by atoms with Crippen molar-refractivity contribution in [1.29, 1.82) is 0 Å². The minimum Gasteiger partial charge on any atom is -0.462 e. The van der Waals surface area contributed by atoms with E-state index in [0.29, 0.717) is 12.8 Å². The maximum absolute atomic E-state index is 13.0. The van der Waals surface area contributed by atoms with E-state index in [4.69, 9.17) is 14.2 Å². The van der Waals surface area contributed by atoms with E-state index in [2.05, 4.69) is 167 Å². The summed E-state index contributed by atoms with van der Waals surface area (Å²) in [6.07, 6.45) is 100.0. The number of esters is 3. The molecule has 0 saturated carbocycles. The molecule has 1 atom stereocenters. The highest BCUT2D eigenvalue weighted by Crippen LogP contribution is 2.16. The van der Waals surface area contributed by atoms with Gasteiger partial charge in [-0.3, -0.25) is 14.4 Å². The van der Waals surface area contributed by atoms with Gasteiger partial charge in [0.15, 0.2) is 6.10 Å². The average Bonchev–Trinajstić information content (AvgIpc) is 3.49. The summed E-state index contributed by atoms with van der Waals surface area (Å²) >= 11 is 0. The smallest absolute Gasteiger partial charge is 0.306 e. The molecule has 0 N–H and O–H groups in total. The molecule has 6 heteroatoms. The summed E-state index contributed by atoms with van der Waals surface area (Å²) in [5.41, 5.74) is 0. The van der Waals surface area contributed by atoms with Crippen LogP contribution in [0.1, 0.15) is 303 Å². The van der Waals surface area contributed by atoms with E-state index in [1.807, 2.05) is 0 Å². The first-order valence-electron chi connectivity index (χ1n) is 34.3. The van der Waals surface area contributed by atoms with Crippen molar-refractivity contribution < 1.29 is 28.6 Å². The molecule has 0 aliphatic rings. The van der Waals surface area contributed by atoms with Crippen LogP contribution in [-0.4, -0.2) is 37.2 Å². The van der Waals surface area contributed by atoms with Crippen LogP contribution >= 0.6 is 0 Å². The molecule has 1 unspecified atom stereocenters. The quantitative estimate of drug-likeness (QED) is 0.0261. The Bertz CT molecular complexity index is 1800. The molecule has 0 aliphatic heterocycles. The lowest BCUT2D eigenvalue weighted by atomic mass is 10.0. The van der Waals surface area contributed by atoms with Gasteiger partial charge in [0.25, 0.3) is 0 Å². The van der Waals surface area contributed by atoms with Gasteiger partial charge in [-0.15, -0.1) is 0 Å². The first kappa shape index (κ1) is 78.3. The maximum atomic E-state index is 13.0. The summed E-state index contributed by atoms with van der Waals surface area (Å²) in [4.78, 5) is 38.5. The molecule has 0 fully saturated rings. The zero-order valence-electron chi connectivity index (χ0n) is 53.9. The van der Waals surface area contributed by atoms with Gasteiger partial charge in [-0.2, -0.15) is 0 Å². The van der Waals surface area contributed by atoms with Crippen molar-refractivity contribution in [3.8, 4) is 0 Å². The number of unbranched alkanes of at least 4 members (excludes halogenated alkanes) is 26. The lowest BCUT2D eigenvalue weighted by molar-refractivity contribution is -0.167. The zero-order valence-corrected chi connectivity index (χ0v) is 53.9. The van der Waals surface area contributed by atoms with Gasteiger partial charge in [-0.1, -0.05) is 308 Å². The van der Waals surface area contributed by atoms with E-state index < -0.39 is 6.10 Å². The standard InChI is InChI=1S/C77H126O6/c1-4-7-10-13-16-19-22-25-28-31-34-36-38-40-43-46-49-52-55-58-61-64-67-70-76(79)82-73-74(72-81-75(78)69-66-63-60-57-54-51-48-45-42-33-30-27-24-21-18-15-12-9-6-3)83-77(80)71-68-65-62-59-56-53-50-47-44-41-39-37-35-32-29-26-23-20-17-14-11-8-5-2/h7-8,10-11,16-17,19-20,25-26,28-29,34-37,40-41,43-44,49-50,52-53,74H,4-6,9,12-15,18,21-24,27,30-33,38-39,42,45-48,51,54-73H2,1-3H3/b10-7-,11-8-,19-16-,20-17-,28-25-,29-26-,36-34-,37-35-,43-40-,44-41-,52-49-,53-50-. The van der Waals surface area contributed by atoms with E-state index in [9.17, 15) is 14.4 Å². The first-order chi connectivity index (χ1) is 41.0. The molecule has 0 radical (unpaired) electrons. The van der Waals surface area contributed by atoms with Crippen LogP contribution in [0, 0.1) is 0 Å². The lowest BCUT2D eigenvalue weighted by Gasteiger charge is -2.18. The van der Waals surface area contributed by atoms with E-state index in [0.717, 1.165) is 161 Å². The van der Waals surface area contributed by atoms with Crippen molar-refractivity contribution in [3.63, 3.8) is 0 Å². The molecule has 0 amide bonds. The third-order valence-electron chi connectivity index (χ3n) is 14.3. The number of carbonyl (C=O) groups is 3. The maximum Gasteiger partial charge on any atom is 0.306 e. The van der Waals surface area contributed by atoms with Crippen LogP contribution in [0.25, 0.3) is 0 Å². The van der Waals surface area contributed by atoms with Crippen LogP contribution in [0.4, 0.5) is 0 Å². The largest absolute Gasteiger partial charge is 0.462 e. The van der Waals surface area contributed by atoms with E-state index in [1.165, 1.54) is 103 Å². The second-order valence-electron chi connectivity index (χ2n) is 22.3. The van der Waals surface area contributed by atoms with Crippen LogP contribution in [0.15, 0.2) is 146 Å². The Morgan fingerprint density at radius 2 is 0.470 bits per heavy atom. The summed E-state index contributed by atoms with van der Waals surface area (Å²) in [6, 6.07) is 0. The third-order valence-corrected chi connectivity index (χ3v) is 14.3. The molecular weight excluding hydrogens is 1020 g/mol. The minimum atomic E-state index is -0.810. The van der Waals surface area contributed by atoms with Gasteiger partial charge in [0.05, 0.1) is 0 Å². The number of rotatable bonds is 61. The molecule has 6 nitrogen and oxygen atoms in total. The normalized spacial score (nSPS) is 13.0.